The van der Waals surface area contributed by atoms with Crippen molar-refractivity contribution in [1.29, 1.82) is 0 Å². The van der Waals surface area contributed by atoms with E-state index in [1.807, 2.05) is 6.08 Å². The number of hydrogen-bond donors (Lipinski definition) is 1. The highest BCUT2D eigenvalue weighted by Crippen LogP contribution is 2.31. The van der Waals surface area contributed by atoms with Gasteiger partial charge in [-0.05, 0) is 32.3 Å². The van der Waals surface area contributed by atoms with Crippen LogP contribution in [-0.4, -0.2) is 18.1 Å². The molecule has 0 radical (unpaired) electrons. The molecular formula is C10H15NO2. The Labute approximate surface area is 78.1 Å². The van der Waals surface area contributed by atoms with Gasteiger partial charge in [-0.3, -0.25) is 4.79 Å². The summed E-state index contributed by atoms with van der Waals surface area (Å²) < 4.78 is 5.18. The highest BCUT2D eigenvalue weighted by atomic mass is 16.5. The van der Waals surface area contributed by atoms with Crippen LogP contribution >= 0.6 is 0 Å². The Hall–Kier alpha value is -0.990. The summed E-state index contributed by atoms with van der Waals surface area (Å²) in [5, 5.41) is 3.00. The first kappa shape index (κ1) is 8.60. The van der Waals surface area contributed by atoms with E-state index in [-0.39, 0.29) is 11.4 Å². The normalized spacial score (nSPS) is 24.2. The van der Waals surface area contributed by atoms with Crippen LogP contribution in [0.25, 0.3) is 0 Å². The molecule has 2 aliphatic rings. The predicted molar refractivity (Wildman–Crippen MR) is 49.1 cm³/mol. The number of carbonyl (C=O) groups is 1. The average Bonchev–Trinajstić information content (AvgIpc) is 2.53. The van der Waals surface area contributed by atoms with E-state index in [1.165, 1.54) is 6.42 Å². The molecule has 3 nitrogen and oxygen atoms in total. The van der Waals surface area contributed by atoms with Crippen molar-refractivity contribution in [3.05, 3.63) is 11.8 Å². The van der Waals surface area contributed by atoms with Crippen LogP contribution in [0.3, 0.4) is 0 Å². The minimum atomic E-state index is -0.0419. The molecule has 1 N–H and O–H groups in total. The van der Waals surface area contributed by atoms with Gasteiger partial charge in [0, 0.05) is 12.0 Å². The number of nitrogens with one attached hydrogen (secondary N) is 1. The van der Waals surface area contributed by atoms with Gasteiger partial charge in [0.15, 0.2) is 5.76 Å². The van der Waals surface area contributed by atoms with Gasteiger partial charge >= 0.3 is 0 Å². The molecule has 0 aromatic rings. The zero-order valence-electron chi connectivity index (χ0n) is 7.93. The molecule has 1 aliphatic carbocycles. The average molecular weight is 181 g/mol. The predicted octanol–water partition coefficient (Wildman–Crippen LogP) is 1.35. The van der Waals surface area contributed by atoms with Gasteiger partial charge in [0.1, 0.15) is 0 Å². The molecule has 0 atom stereocenters. The van der Waals surface area contributed by atoms with Crippen molar-refractivity contribution in [2.24, 2.45) is 0 Å². The Bertz CT molecular complexity index is 254. The highest BCUT2D eigenvalue weighted by Gasteiger charge is 2.34. The fourth-order valence-electron chi connectivity index (χ4n) is 1.74. The smallest absolute Gasteiger partial charge is 0.286 e. The lowest BCUT2D eigenvalue weighted by atomic mass is 9.78. The summed E-state index contributed by atoms with van der Waals surface area (Å²) in [7, 11) is 0. The molecular weight excluding hydrogens is 166 g/mol. The minimum Gasteiger partial charge on any atom is -0.488 e. The number of ether oxygens (including phenoxy) is 1. The molecule has 0 bridgehead atoms. The van der Waals surface area contributed by atoms with E-state index in [0.717, 1.165) is 19.3 Å². The molecule has 0 aromatic carbocycles. The van der Waals surface area contributed by atoms with Crippen LogP contribution in [0, 0.1) is 0 Å². The van der Waals surface area contributed by atoms with E-state index >= 15 is 0 Å². The second-order valence-corrected chi connectivity index (χ2v) is 4.07. The third-order valence-electron chi connectivity index (χ3n) is 2.80. The molecule has 1 amide bonds. The summed E-state index contributed by atoms with van der Waals surface area (Å²) in [5.41, 5.74) is 0.0316. The van der Waals surface area contributed by atoms with Crippen molar-refractivity contribution >= 4 is 5.91 Å². The maximum atomic E-state index is 11.5. The molecule has 0 unspecified atom stereocenters. The standard InChI is InChI=1S/C10H15NO2/c1-10(5-3-6-10)11-9(12)8-4-2-7-13-8/h4H,2-3,5-7H2,1H3,(H,11,12). The molecule has 13 heavy (non-hydrogen) atoms. The summed E-state index contributed by atoms with van der Waals surface area (Å²) in [6.45, 7) is 2.74. The molecule has 72 valence electrons. The minimum absolute atomic E-state index is 0.0316. The molecule has 1 aliphatic heterocycles. The molecule has 3 heteroatoms. The van der Waals surface area contributed by atoms with Gasteiger partial charge in [0.05, 0.1) is 6.61 Å². The Morgan fingerprint density at radius 1 is 1.62 bits per heavy atom. The number of hydrogen-bond acceptors (Lipinski definition) is 2. The lowest BCUT2D eigenvalue weighted by molar-refractivity contribution is -0.123. The molecule has 0 saturated heterocycles. The van der Waals surface area contributed by atoms with Gasteiger partial charge in [-0.25, -0.2) is 0 Å². The topological polar surface area (TPSA) is 38.3 Å². The van der Waals surface area contributed by atoms with Crippen LogP contribution in [0.15, 0.2) is 11.8 Å². The van der Waals surface area contributed by atoms with Crippen LogP contribution in [0.4, 0.5) is 0 Å². The first-order chi connectivity index (χ1) is 6.20. The number of rotatable bonds is 2. The van der Waals surface area contributed by atoms with Crippen LogP contribution in [0.5, 0.6) is 0 Å². The van der Waals surface area contributed by atoms with Crippen molar-refractivity contribution in [1.82, 2.24) is 5.32 Å². The van der Waals surface area contributed by atoms with E-state index in [2.05, 4.69) is 12.2 Å². The lowest BCUT2D eigenvalue weighted by Crippen LogP contribution is -2.51. The highest BCUT2D eigenvalue weighted by molar-refractivity contribution is 5.92. The number of amides is 1. The quantitative estimate of drug-likeness (QED) is 0.698. The van der Waals surface area contributed by atoms with Crippen molar-refractivity contribution in [3.8, 4) is 0 Å². The Morgan fingerprint density at radius 3 is 2.85 bits per heavy atom. The Kier molecular flexibility index (Phi) is 2.02. The number of carbonyl (C=O) groups excluding carboxylic acids is 1. The Balaban J connectivity index is 1.90. The van der Waals surface area contributed by atoms with Gasteiger partial charge in [-0.2, -0.15) is 0 Å². The zero-order chi connectivity index (χ0) is 9.31. The second kappa shape index (κ2) is 3.05. The molecule has 0 spiro atoms. The summed E-state index contributed by atoms with van der Waals surface area (Å²) in [4.78, 5) is 11.5. The van der Waals surface area contributed by atoms with Crippen LogP contribution in [-0.2, 0) is 9.53 Å². The van der Waals surface area contributed by atoms with E-state index in [0.29, 0.717) is 12.4 Å². The molecule has 1 heterocycles. The molecule has 2 rings (SSSR count). The third kappa shape index (κ3) is 1.69. The first-order valence-corrected chi connectivity index (χ1v) is 4.85. The largest absolute Gasteiger partial charge is 0.488 e. The van der Waals surface area contributed by atoms with Gasteiger partial charge < -0.3 is 10.1 Å². The van der Waals surface area contributed by atoms with Gasteiger partial charge in [-0.1, -0.05) is 0 Å². The third-order valence-corrected chi connectivity index (χ3v) is 2.80. The van der Waals surface area contributed by atoms with E-state index in [4.69, 9.17) is 4.74 Å². The fraction of sp³-hybridized carbons (Fsp3) is 0.700. The van der Waals surface area contributed by atoms with Gasteiger partial charge in [0.25, 0.3) is 5.91 Å². The first-order valence-electron chi connectivity index (χ1n) is 4.85. The van der Waals surface area contributed by atoms with Crippen LogP contribution in [0.1, 0.15) is 32.6 Å². The summed E-state index contributed by atoms with van der Waals surface area (Å²) in [5.74, 6) is 0.466. The Morgan fingerprint density at radius 2 is 2.38 bits per heavy atom. The van der Waals surface area contributed by atoms with E-state index in [1.54, 1.807) is 0 Å². The second-order valence-electron chi connectivity index (χ2n) is 4.07. The maximum absolute atomic E-state index is 11.5. The SMILES string of the molecule is CC1(NC(=O)C2=CCCO2)CCC1. The van der Waals surface area contributed by atoms with Gasteiger partial charge in [-0.15, -0.1) is 0 Å². The fourth-order valence-corrected chi connectivity index (χ4v) is 1.74. The summed E-state index contributed by atoms with van der Waals surface area (Å²) in [6, 6.07) is 0. The van der Waals surface area contributed by atoms with E-state index < -0.39 is 0 Å². The molecule has 0 aromatic heterocycles. The monoisotopic (exact) mass is 181 g/mol. The van der Waals surface area contributed by atoms with E-state index in [9.17, 15) is 4.79 Å². The lowest BCUT2D eigenvalue weighted by Gasteiger charge is -2.39. The molecule has 1 saturated carbocycles. The van der Waals surface area contributed by atoms with Crippen molar-refractivity contribution in [3.63, 3.8) is 0 Å². The van der Waals surface area contributed by atoms with Crippen LogP contribution in [0.2, 0.25) is 0 Å². The zero-order valence-corrected chi connectivity index (χ0v) is 7.93. The molecule has 1 fully saturated rings. The van der Waals surface area contributed by atoms with Crippen molar-refractivity contribution in [2.45, 2.75) is 38.1 Å². The summed E-state index contributed by atoms with van der Waals surface area (Å²) >= 11 is 0. The van der Waals surface area contributed by atoms with Crippen molar-refractivity contribution < 1.29 is 9.53 Å². The van der Waals surface area contributed by atoms with Crippen molar-refractivity contribution in [2.75, 3.05) is 6.61 Å². The maximum Gasteiger partial charge on any atom is 0.286 e. The van der Waals surface area contributed by atoms with Crippen LogP contribution < -0.4 is 5.32 Å². The van der Waals surface area contributed by atoms with Gasteiger partial charge in [0.2, 0.25) is 0 Å². The summed E-state index contributed by atoms with van der Waals surface area (Å²) in [6.07, 6.45) is 6.12.